The van der Waals surface area contributed by atoms with Crippen molar-refractivity contribution in [2.75, 3.05) is 6.54 Å². The zero-order valence-electron chi connectivity index (χ0n) is 12.8. The number of nitrogens with one attached hydrogen (secondary N) is 1. The molecule has 0 bridgehead atoms. The summed E-state index contributed by atoms with van der Waals surface area (Å²) >= 11 is 0. The molecule has 1 aliphatic carbocycles. The van der Waals surface area contributed by atoms with Crippen LogP contribution < -0.4 is 5.32 Å². The van der Waals surface area contributed by atoms with Crippen molar-refractivity contribution in [1.29, 1.82) is 0 Å². The van der Waals surface area contributed by atoms with E-state index in [-0.39, 0.29) is 0 Å². The number of rotatable bonds is 5. The first-order valence-corrected chi connectivity index (χ1v) is 7.97. The smallest absolute Gasteiger partial charge is 0.0294 e. The van der Waals surface area contributed by atoms with Crippen molar-refractivity contribution in [2.45, 2.75) is 65.3 Å². The van der Waals surface area contributed by atoms with Gasteiger partial charge in [0.05, 0.1) is 0 Å². The maximum absolute atomic E-state index is 3.71. The van der Waals surface area contributed by atoms with Crippen LogP contribution in [-0.2, 0) is 0 Å². The van der Waals surface area contributed by atoms with Crippen LogP contribution in [0, 0.1) is 19.8 Å². The fourth-order valence-corrected chi connectivity index (χ4v) is 3.32. The quantitative estimate of drug-likeness (QED) is 0.791. The molecule has 0 amide bonds. The molecule has 1 atom stereocenters. The Kier molecular flexibility index (Phi) is 5.45. The fourth-order valence-electron chi connectivity index (χ4n) is 3.32. The first-order chi connectivity index (χ1) is 9.16. The highest BCUT2D eigenvalue weighted by Gasteiger charge is 2.14. The van der Waals surface area contributed by atoms with Gasteiger partial charge in [-0.25, -0.2) is 0 Å². The molecule has 1 fully saturated rings. The topological polar surface area (TPSA) is 12.0 Å². The third kappa shape index (κ3) is 4.35. The van der Waals surface area contributed by atoms with E-state index in [9.17, 15) is 0 Å². The molecule has 1 aromatic rings. The Hall–Kier alpha value is -0.820. The Morgan fingerprint density at radius 2 is 1.89 bits per heavy atom. The number of aryl methyl sites for hydroxylation is 2. The average molecular weight is 259 g/mol. The largest absolute Gasteiger partial charge is 0.310 e. The van der Waals surface area contributed by atoms with Crippen molar-refractivity contribution in [1.82, 2.24) is 5.32 Å². The molecule has 1 unspecified atom stereocenters. The summed E-state index contributed by atoms with van der Waals surface area (Å²) in [6.07, 6.45) is 8.64. The zero-order chi connectivity index (χ0) is 13.7. The van der Waals surface area contributed by atoms with Gasteiger partial charge in [-0.05, 0) is 50.8 Å². The van der Waals surface area contributed by atoms with E-state index >= 15 is 0 Å². The molecule has 19 heavy (non-hydrogen) atoms. The molecule has 1 N–H and O–H groups in total. The lowest BCUT2D eigenvalue weighted by Gasteiger charge is -2.23. The Bertz CT molecular complexity index is 391. The summed E-state index contributed by atoms with van der Waals surface area (Å²) < 4.78 is 0. The monoisotopic (exact) mass is 259 g/mol. The van der Waals surface area contributed by atoms with Gasteiger partial charge in [0.15, 0.2) is 0 Å². The van der Waals surface area contributed by atoms with Crippen LogP contribution in [0.2, 0.25) is 0 Å². The van der Waals surface area contributed by atoms with Gasteiger partial charge < -0.3 is 5.32 Å². The maximum Gasteiger partial charge on any atom is 0.0294 e. The van der Waals surface area contributed by atoms with E-state index in [1.54, 1.807) is 0 Å². The van der Waals surface area contributed by atoms with Gasteiger partial charge in [-0.15, -0.1) is 0 Å². The minimum absolute atomic E-state index is 0.475. The van der Waals surface area contributed by atoms with E-state index in [4.69, 9.17) is 0 Å². The SMILES string of the molecule is Cc1ccc(C)c(C(C)NCCC2CCCCC2)c1. The maximum atomic E-state index is 3.71. The Morgan fingerprint density at radius 1 is 1.16 bits per heavy atom. The summed E-state index contributed by atoms with van der Waals surface area (Å²) in [5, 5.41) is 3.71. The van der Waals surface area contributed by atoms with Crippen molar-refractivity contribution in [3.8, 4) is 0 Å². The lowest BCUT2D eigenvalue weighted by Crippen LogP contribution is -2.23. The van der Waals surface area contributed by atoms with Crippen LogP contribution in [0.3, 0.4) is 0 Å². The van der Waals surface area contributed by atoms with Gasteiger partial charge in [0.1, 0.15) is 0 Å². The molecule has 0 aliphatic heterocycles. The molecule has 0 radical (unpaired) electrons. The van der Waals surface area contributed by atoms with E-state index in [1.165, 1.54) is 61.8 Å². The molecule has 1 heteroatoms. The van der Waals surface area contributed by atoms with Crippen LogP contribution in [0.5, 0.6) is 0 Å². The highest BCUT2D eigenvalue weighted by molar-refractivity contribution is 5.32. The summed E-state index contributed by atoms with van der Waals surface area (Å²) in [5.41, 5.74) is 4.23. The van der Waals surface area contributed by atoms with Gasteiger partial charge in [-0.2, -0.15) is 0 Å². The number of hydrogen-bond acceptors (Lipinski definition) is 1. The first-order valence-electron chi connectivity index (χ1n) is 7.97. The fraction of sp³-hybridized carbons (Fsp3) is 0.667. The molecule has 0 heterocycles. The summed E-state index contributed by atoms with van der Waals surface area (Å²) in [5.74, 6) is 0.979. The van der Waals surface area contributed by atoms with Gasteiger partial charge in [0, 0.05) is 6.04 Å². The van der Waals surface area contributed by atoms with E-state index in [1.807, 2.05) is 0 Å². The summed E-state index contributed by atoms with van der Waals surface area (Å²) in [4.78, 5) is 0. The third-order valence-electron chi connectivity index (χ3n) is 4.63. The van der Waals surface area contributed by atoms with Crippen LogP contribution in [0.15, 0.2) is 18.2 Å². The van der Waals surface area contributed by atoms with Gasteiger partial charge in [0.25, 0.3) is 0 Å². The molecular formula is C18H29N. The van der Waals surface area contributed by atoms with Crippen molar-refractivity contribution in [3.63, 3.8) is 0 Å². The molecule has 1 nitrogen and oxygen atoms in total. The molecule has 1 aromatic carbocycles. The second kappa shape index (κ2) is 7.09. The molecule has 1 saturated carbocycles. The standard InChI is InChI=1S/C18H29N/c1-14-9-10-15(2)18(13-14)16(3)19-12-11-17-7-5-4-6-8-17/h9-10,13,16-17,19H,4-8,11-12H2,1-3H3. The van der Waals surface area contributed by atoms with Crippen LogP contribution in [-0.4, -0.2) is 6.54 Å². The van der Waals surface area contributed by atoms with Crippen LogP contribution in [0.4, 0.5) is 0 Å². The predicted molar refractivity (Wildman–Crippen MR) is 83.5 cm³/mol. The average Bonchev–Trinajstić information content (AvgIpc) is 2.42. The van der Waals surface area contributed by atoms with Crippen LogP contribution >= 0.6 is 0 Å². The normalized spacial score (nSPS) is 18.5. The Morgan fingerprint density at radius 3 is 2.63 bits per heavy atom. The highest BCUT2D eigenvalue weighted by atomic mass is 14.9. The van der Waals surface area contributed by atoms with E-state index in [0.717, 1.165) is 5.92 Å². The molecule has 2 rings (SSSR count). The Labute approximate surface area is 118 Å². The zero-order valence-corrected chi connectivity index (χ0v) is 12.8. The molecule has 106 valence electrons. The predicted octanol–water partition coefficient (Wildman–Crippen LogP) is 4.92. The van der Waals surface area contributed by atoms with Gasteiger partial charge in [-0.3, -0.25) is 0 Å². The number of hydrogen-bond donors (Lipinski definition) is 1. The lowest BCUT2D eigenvalue weighted by atomic mass is 9.87. The van der Waals surface area contributed by atoms with Crippen molar-refractivity contribution in [3.05, 3.63) is 34.9 Å². The van der Waals surface area contributed by atoms with Gasteiger partial charge in [-0.1, -0.05) is 55.9 Å². The molecule has 0 saturated heterocycles. The molecular weight excluding hydrogens is 230 g/mol. The second-order valence-corrected chi connectivity index (χ2v) is 6.33. The summed E-state index contributed by atoms with van der Waals surface area (Å²) in [6.45, 7) is 7.85. The summed E-state index contributed by atoms with van der Waals surface area (Å²) in [6, 6.07) is 7.24. The van der Waals surface area contributed by atoms with E-state index in [2.05, 4.69) is 44.3 Å². The Balaban J connectivity index is 1.80. The van der Waals surface area contributed by atoms with Crippen molar-refractivity contribution >= 4 is 0 Å². The second-order valence-electron chi connectivity index (χ2n) is 6.33. The molecule has 0 spiro atoms. The van der Waals surface area contributed by atoms with E-state index < -0.39 is 0 Å². The minimum atomic E-state index is 0.475. The van der Waals surface area contributed by atoms with Crippen molar-refractivity contribution < 1.29 is 0 Å². The van der Waals surface area contributed by atoms with Crippen LogP contribution in [0.1, 0.15) is 68.2 Å². The van der Waals surface area contributed by atoms with E-state index in [0.29, 0.717) is 6.04 Å². The number of benzene rings is 1. The minimum Gasteiger partial charge on any atom is -0.310 e. The summed E-state index contributed by atoms with van der Waals surface area (Å²) in [7, 11) is 0. The van der Waals surface area contributed by atoms with Gasteiger partial charge >= 0.3 is 0 Å². The highest BCUT2D eigenvalue weighted by Crippen LogP contribution is 2.26. The molecule has 1 aliphatic rings. The first kappa shape index (κ1) is 14.6. The third-order valence-corrected chi connectivity index (χ3v) is 4.63. The van der Waals surface area contributed by atoms with Crippen LogP contribution in [0.25, 0.3) is 0 Å². The van der Waals surface area contributed by atoms with Gasteiger partial charge in [0.2, 0.25) is 0 Å². The molecule has 0 aromatic heterocycles. The lowest BCUT2D eigenvalue weighted by molar-refractivity contribution is 0.329. The van der Waals surface area contributed by atoms with Crippen molar-refractivity contribution in [2.24, 2.45) is 5.92 Å².